The molecule has 0 amide bonds. The minimum absolute atomic E-state index is 0. The molecule has 0 aliphatic heterocycles. The number of methoxy groups -OCH3 is 1. The Morgan fingerprint density at radius 1 is 0.406 bits per heavy atom. The van der Waals surface area contributed by atoms with E-state index in [0.29, 0.717) is 17.1 Å². The summed E-state index contributed by atoms with van der Waals surface area (Å²) in [5.74, 6) is -2.20. The molecule has 6 heterocycles. The second-order valence-corrected chi connectivity index (χ2v) is 18.7. The van der Waals surface area contributed by atoms with Crippen molar-refractivity contribution in [3.8, 4) is 73.3 Å². The Morgan fingerprint density at radius 2 is 0.812 bits per heavy atom. The van der Waals surface area contributed by atoms with E-state index < -0.39 is 29.4 Å². The van der Waals surface area contributed by atoms with Crippen molar-refractivity contribution in [2.24, 2.45) is 0 Å². The summed E-state index contributed by atoms with van der Waals surface area (Å²) in [6.07, 6.45) is 11.0. The van der Waals surface area contributed by atoms with E-state index in [4.69, 9.17) is 14.9 Å². The molecule has 2 N–H and O–H groups in total. The van der Waals surface area contributed by atoms with Crippen LogP contribution in [-0.2, 0) is 121 Å². The van der Waals surface area contributed by atoms with Crippen LogP contribution < -0.4 is 4.74 Å². The molecule has 0 bridgehead atoms. The summed E-state index contributed by atoms with van der Waals surface area (Å²) in [4.78, 5) is 24.9. The van der Waals surface area contributed by atoms with Gasteiger partial charge in [0.1, 0.15) is 5.75 Å². The van der Waals surface area contributed by atoms with Crippen LogP contribution in [0.15, 0.2) is 280 Å². The summed E-state index contributed by atoms with van der Waals surface area (Å²) in [6, 6.07) is 85.0. The fourth-order valence-corrected chi connectivity index (χ4v) is 7.93. The van der Waals surface area contributed by atoms with E-state index in [1.165, 1.54) is 49.2 Å². The first-order valence-electron chi connectivity index (χ1n) is 27.7. The molecule has 0 saturated heterocycles. The van der Waals surface area contributed by atoms with Gasteiger partial charge in [0.15, 0.2) is 0 Å². The number of rotatable bonds is 8. The Labute approximate surface area is 637 Å². The molecule has 7 aromatic carbocycles. The van der Waals surface area contributed by atoms with Crippen molar-refractivity contribution in [2.75, 3.05) is 7.11 Å². The first-order chi connectivity index (χ1) is 43.8. The second-order valence-electron chi connectivity index (χ2n) is 18.7. The number of ether oxygens (including phenoxy) is 1. The van der Waals surface area contributed by atoms with Gasteiger partial charge in [-0.15, -0.1) is 162 Å². The van der Waals surface area contributed by atoms with Crippen molar-refractivity contribution in [3.63, 3.8) is 0 Å². The first kappa shape index (κ1) is 86.6. The Bertz CT molecular complexity index is 4080. The molecule has 0 aliphatic rings. The third-order valence-electron chi connectivity index (χ3n) is 12.0. The van der Waals surface area contributed by atoms with Crippen molar-refractivity contribution in [2.45, 2.75) is 20.0 Å². The van der Waals surface area contributed by atoms with Crippen LogP contribution in [0.3, 0.4) is 0 Å². The summed E-state index contributed by atoms with van der Waals surface area (Å²) < 4.78 is 69.4. The van der Waals surface area contributed by atoms with Gasteiger partial charge >= 0.3 is 0 Å². The van der Waals surface area contributed by atoms with Gasteiger partial charge in [0.05, 0.1) is 19.0 Å². The van der Waals surface area contributed by atoms with Crippen LogP contribution in [0.2, 0.25) is 0 Å². The third-order valence-corrected chi connectivity index (χ3v) is 12.0. The van der Waals surface area contributed by atoms with Crippen molar-refractivity contribution < 1.29 is 158 Å². The second kappa shape index (κ2) is 48.3. The molecule has 9 nitrogen and oxygen atoms in total. The standard InChI is InChI=1S/C15H10N.C12H8F2NO.C11H6F2N.C11H7FN.2C11H8N.C5H10O2.6Ir/c1-2-7-13(8-3-1)15-14-9-5-4-6-12(14)10-11-16-15;1-16-9-4-5-15-12(7-9)10-3-2-8(13)6-11(10)14;12-8-4-5-9(10(13)7-8)11-3-1-2-6-14-11;12-10-6-4-9(5-7-10)11-3-1-2-8-13-11;2*1-2-6-10(7-3-1)11-8-4-5-9-12-11;1-4(6)3-5(2)7;;;;;;/h1-7,9-11H;2,4-7H,1H3;1-4,6-7H;1-4,6-8H;2*1-6,8-9H;3-4,6-7H,1-2H3;;;;;;/q6*-1;;;;;;;. The molecule has 96 heavy (non-hydrogen) atoms. The SMILES string of the molecule is CC(O)=CC(C)O.COc1ccnc(-c2[c-]cc(F)cc2F)c1.Fc1c[c-]c(-c2ccccn2)c(F)c1.Fc1c[c-]c(-c2ccccn2)cc1.[Ir].[Ir].[Ir].[Ir].[Ir].[Ir].[c-]1ccccc1-c1ccccn1.[c-]1ccccc1-c1ccccn1.[c-]1ccccc1-c1nccc2ccccc12. The van der Waals surface area contributed by atoms with Gasteiger partial charge in [-0.3, -0.25) is 22.0 Å². The van der Waals surface area contributed by atoms with Crippen LogP contribution in [0.25, 0.3) is 78.3 Å². The maximum Gasteiger partial charge on any atom is 0.113 e. The van der Waals surface area contributed by atoms with Crippen LogP contribution in [0.1, 0.15) is 13.8 Å². The Kier molecular flexibility index (Phi) is 43.5. The van der Waals surface area contributed by atoms with Crippen molar-refractivity contribution in [1.29, 1.82) is 0 Å². The number of benzene rings is 7. The Morgan fingerprint density at radius 3 is 1.21 bits per heavy atom. The molecule has 20 heteroatoms. The molecule has 0 aliphatic carbocycles. The number of nitrogens with zero attached hydrogens (tertiary/aromatic N) is 6. The molecule has 504 valence electrons. The van der Waals surface area contributed by atoms with Gasteiger partial charge in [-0.2, -0.15) is 0 Å². The summed E-state index contributed by atoms with van der Waals surface area (Å²) in [5, 5.41) is 19.3. The van der Waals surface area contributed by atoms with E-state index in [-0.39, 0.29) is 143 Å². The molecule has 13 rings (SSSR count). The number of aromatic nitrogens is 6. The predicted molar refractivity (Wildman–Crippen MR) is 343 cm³/mol. The molecule has 0 spiro atoms. The van der Waals surface area contributed by atoms with Gasteiger partial charge in [-0.25, -0.2) is 0 Å². The number of halogens is 5. The van der Waals surface area contributed by atoms with Crippen LogP contribution in [-0.4, -0.2) is 53.3 Å². The monoisotopic (exact) mass is 2350 g/mol. The maximum absolute atomic E-state index is 13.4. The van der Waals surface area contributed by atoms with Crippen LogP contribution in [0.5, 0.6) is 5.75 Å². The van der Waals surface area contributed by atoms with E-state index in [0.717, 1.165) is 69.3 Å². The number of hydrogen-bond donors (Lipinski definition) is 2. The number of aliphatic hydroxyl groups is 2. The fraction of sp³-hybridized carbons (Fsp3) is 0.0526. The van der Waals surface area contributed by atoms with Gasteiger partial charge in [-0.1, -0.05) is 96.1 Å². The summed E-state index contributed by atoms with van der Waals surface area (Å²) in [6.45, 7) is 3.10. The molecule has 6 aromatic heterocycles. The summed E-state index contributed by atoms with van der Waals surface area (Å²) in [5.41, 5.74) is 8.80. The average molecular weight is 2350 g/mol. The smallest absolute Gasteiger partial charge is 0.113 e. The van der Waals surface area contributed by atoms with Gasteiger partial charge < -0.3 is 44.9 Å². The zero-order valence-corrected chi connectivity index (χ0v) is 65.3. The summed E-state index contributed by atoms with van der Waals surface area (Å²) >= 11 is 0. The fourth-order valence-electron chi connectivity index (χ4n) is 7.93. The van der Waals surface area contributed by atoms with Crippen molar-refractivity contribution in [3.05, 3.63) is 345 Å². The van der Waals surface area contributed by atoms with Gasteiger partial charge in [0.2, 0.25) is 0 Å². The quantitative estimate of drug-likeness (QED) is 0.0868. The number of allylic oxidation sites excluding steroid dienone is 1. The molecule has 6 radical (unpaired) electrons. The van der Waals surface area contributed by atoms with E-state index in [1.807, 2.05) is 152 Å². The third kappa shape index (κ3) is 29.9. The van der Waals surface area contributed by atoms with Crippen LogP contribution in [0, 0.1) is 65.5 Å². The van der Waals surface area contributed by atoms with Crippen LogP contribution in [0.4, 0.5) is 22.0 Å². The van der Waals surface area contributed by atoms with E-state index in [1.54, 1.807) is 68.1 Å². The maximum atomic E-state index is 13.4. The molecule has 0 saturated carbocycles. The molecule has 1 unspecified atom stereocenters. The Hall–Kier alpha value is -7.45. The molecule has 1 atom stereocenters. The number of aliphatic hydroxyl groups excluding tert-OH is 2. The normalized spacial score (nSPS) is 9.91. The number of hydrogen-bond acceptors (Lipinski definition) is 9. The first-order valence-corrected chi connectivity index (χ1v) is 27.7. The molecular weight excluding hydrogens is 2290 g/mol. The van der Waals surface area contributed by atoms with Crippen molar-refractivity contribution in [1.82, 2.24) is 29.9 Å². The zero-order valence-electron chi connectivity index (χ0n) is 50.9. The average Bonchev–Trinajstić information content (AvgIpc) is 0.828. The van der Waals surface area contributed by atoms with E-state index in [9.17, 15) is 22.0 Å². The van der Waals surface area contributed by atoms with Gasteiger partial charge in [0, 0.05) is 187 Å². The van der Waals surface area contributed by atoms with E-state index >= 15 is 0 Å². The Balaban J connectivity index is 0.000000560. The van der Waals surface area contributed by atoms with Crippen LogP contribution >= 0.6 is 0 Å². The van der Waals surface area contributed by atoms with Crippen molar-refractivity contribution >= 4 is 10.8 Å². The molecule has 0 fully saturated rings. The predicted octanol–water partition coefficient (Wildman–Crippen LogP) is 18.0. The summed E-state index contributed by atoms with van der Waals surface area (Å²) in [7, 11) is 1.50. The topological polar surface area (TPSA) is 127 Å². The largest absolute Gasteiger partial charge is 0.513 e. The molecule has 13 aromatic rings. The number of pyridine rings is 6. The van der Waals surface area contributed by atoms with Gasteiger partial charge in [-0.05, 0) is 107 Å². The molecular formula is C76H57F5Ir6N6O3-6. The minimum Gasteiger partial charge on any atom is -0.513 e. The van der Waals surface area contributed by atoms with E-state index in [2.05, 4.69) is 78.4 Å². The zero-order chi connectivity index (χ0) is 63.7. The minimum atomic E-state index is -0.694. The number of fused-ring (bicyclic) bond motifs is 1. The van der Waals surface area contributed by atoms with Gasteiger partial charge in [0.25, 0.3) is 0 Å².